The second-order valence-corrected chi connectivity index (χ2v) is 6.78. The number of hydrogen-bond donors (Lipinski definition) is 0. The van der Waals surface area contributed by atoms with E-state index in [4.69, 9.17) is 0 Å². The van der Waals surface area contributed by atoms with Gasteiger partial charge in [-0.25, -0.2) is 9.50 Å². The van der Waals surface area contributed by atoms with Crippen molar-refractivity contribution in [2.24, 2.45) is 7.05 Å². The molecule has 0 N–H and O–H groups in total. The van der Waals surface area contributed by atoms with Crippen LogP contribution in [0.2, 0.25) is 0 Å². The van der Waals surface area contributed by atoms with Crippen molar-refractivity contribution >= 4 is 11.4 Å². The average Bonchev–Trinajstić information content (AvgIpc) is 2.95. The number of aryl methyl sites for hydroxylation is 2. The lowest BCUT2D eigenvalue weighted by molar-refractivity contribution is 0.0764. The Bertz CT molecular complexity index is 1080. The first-order valence-electron chi connectivity index (χ1n) is 8.75. The van der Waals surface area contributed by atoms with E-state index in [9.17, 15) is 9.59 Å². The van der Waals surface area contributed by atoms with Crippen molar-refractivity contribution in [2.45, 2.75) is 26.7 Å². The highest BCUT2D eigenvalue weighted by atomic mass is 16.2. The molecule has 4 heterocycles. The first kappa shape index (κ1) is 16.5. The van der Waals surface area contributed by atoms with E-state index in [1.54, 1.807) is 27.2 Å². The molecule has 1 amide bonds. The molecule has 7 heteroatoms. The third kappa shape index (κ3) is 2.51. The average molecular weight is 351 g/mol. The van der Waals surface area contributed by atoms with Crippen molar-refractivity contribution < 1.29 is 4.79 Å². The minimum Gasteiger partial charge on any atom is -0.338 e. The molecule has 3 aromatic rings. The zero-order valence-corrected chi connectivity index (χ0v) is 15.2. The van der Waals surface area contributed by atoms with Crippen LogP contribution in [-0.2, 0) is 19.9 Å². The van der Waals surface area contributed by atoms with E-state index < -0.39 is 0 Å². The van der Waals surface area contributed by atoms with Gasteiger partial charge in [0.15, 0.2) is 0 Å². The van der Waals surface area contributed by atoms with E-state index in [2.05, 4.69) is 10.1 Å². The fourth-order valence-electron chi connectivity index (χ4n) is 3.61. The molecule has 1 aliphatic heterocycles. The molecule has 0 unspecified atom stereocenters. The standard InChI is InChI=1S/C19H21N5O2/c1-12-5-4-8-24-17(12)15(11-20-24)19(26)23-9-6-14-16(7-10-23)21-13(2)22(3)18(14)25/h4-5,8,11H,6-7,9-10H2,1-3H3. The van der Waals surface area contributed by atoms with Gasteiger partial charge in [0.2, 0.25) is 0 Å². The summed E-state index contributed by atoms with van der Waals surface area (Å²) in [6, 6.07) is 3.89. The van der Waals surface area contributed by atoms with E-state index >= 15 is 0 Å². The summed E-state index contributed by atoms with van der Waals surface area (Å²) < 4.78 is 3.31. The summed E-state index contributed by atoms with van der Waals surface area (Å²) in [5.41, 5.74) is 3.99. The molecule has 0 aromatic carbocycles. The smallest absolute Gasteiger partial charge is 0.257 e. The minimum absolute atomic E-state index is 0.00590. The number of carbonyl (C=O) groups excluding carboxylic acids is 1. The zero-order chi connectivity index (χ0) is 18.4. The Labute approximate surface area is 150 Å². The number of hydrogen-bond acceptors (Lipinski definition) is 4. The Balaban J connectivity index is 1.67. The Kier molecular flexibility index (Phi) is 3.86. The third-order valence-corrected chi connectivity index (χ3v) is 5.20. The third-order valence-electron chi connectivity index (χ3n) is 5.20. The van der Waals surface area contributed by atoms with Gasteiger partial charge in [0, 0.05) is 38.3 Å². The van der Waals surface area contributed by atoms with Crippen LogP contribution in [0.1, 0.15) is 33.0 Å². The summed E-state index contributed by atoms with van der Waals surface area (Å²) in [5.74, 6) is 0.655. The fourth-order valence-corrected chi connectivity index (χ4v) is 3.61. The molecule has 0 saturated carbocycles. The summed E-state index contributed by atoms with van der Waals surface area (Å²) in [6.07, 6.45) is 4.59. The quantitative estimate of drug-likeness (QED) is 0.662. The van der Waals surface area contributed by atoms with Crippen LogP contribution >= 0.6 is 0 Å². The number of fused-ring (bicyclic) bond motifs is 2. The maximum Gasteiger partial charge on any atom is 0.257 e. The van der Waals surface area contributed by atoms with Crippen molar-refractivity contribution in [1.29, 1.82) is 0 Å². The number of amides is 1. The summed E-state index contributed by atoms with van der Waals surface area (Å²) in [4.78, 5) is 32.0. The SMILES string of the molecule is Cc1cccn2ncc(C(=O)N3CCc4nc(C)n(C)c(=O)c4CC3)c12. The molecule has 0 aliphatic carbocycles. The van der Waals surface area contributed by atoms with Gasteiger partial charge in [-0.05, 0) is 31.9 Å². The largest absolute Gasteiger partial charge is 0.338 e. The van der Waals surface area contributed by atoms with Crippen LogP contribution in [0.5, 0.6) is 0 Å². The predicted molar refractivity (Wildman–Crippen MR) is 97.5 cm³/mol. The maximum absolute atomic E-state index is 13.1. The molecule has 4 rings (SSSR count). The summed E-state index contributed by atoms with van der Waals surface area (Å²) in [7, 11) is 1.74. The van der Waals surface area contributed by atoms with Crippen LogP contribution in [0.4, 0.5) is 0 Å². The number of rotatable bonds is 1. The van der Waals surface area contributed by atoms with Crippen LogP contribution in [0.3, 0.4) is 0 Å². The molecule has 7 nitrogen and oxygen atoms in total. The van der Waals surface area contributed by atoms with Crippen LogP contribution in [0.15, 0.2) is 29.3 Å². The monoisotopic (exact) mass is 351 g/mol. The molecule has 26 heavy (non-hydrogen) atoms. The van der Waals surface area contributed by atoms with Gasteiger partial charge in [-0.2, -0.15) is 5.10 Å². The Hall–Kier alpha value is -2.96. The van der Waals surface area contributed by atoms with Gasteiger partial charge >= 0.3 is 0 Å². The van der Waals surface area contributed by atoms with Gasteiger partial charge < -0.3 is 4.90 Å². The number of pyridine rings is 1. The van der Waals surface area contributed by atoms with E-state index in [0.717, 1.165) is 22.3 Å². The molecule has 1 aliphatic rings. The van der Waals surface area contributed by atoms with Crippen molar-refractivity contribution in [3.8, 4) is 0 Å². The Morgan fingerprint density at radius 2 is 1.96 bits per heavy atom. The van der Waals surface area contributed by atoms with E-state index in [0.29, 0.717) is 37.3 Å². The highest BCUT2D eigenvalue weighted by Crippen LogP contribution is 2.19. The molecule has 0 bridgehead atoms. The van der Waals surface area contributed by atoms with Gasteiger partial charge in [-0.3, -0.25) is 14.2 Å². The molecular formula is C19H21N5O2. The molecule has 0 fully saturated rings. The van der Waals surface area contributed by atoms with Crippen LogP contribution in [-0.4, -0.2) is 43.1 Å². The summed E-state index contributed by atoms with van der Waals surface area (Å²) >= 11 is 0. The lowest BCUT2D eigenvalue weighted by Gasteiger charge is -2.19. The number of aromatic nitrogens is 4. The Morgan fingerprint density at radius 1 is 1.19 bits per heavy atom. The highest BCUT2D eigenvalue weighted by molar-refractivity contribution is 6.01. The van der Waals surface area contributed by atoms with Crippen LogP contribution in [0.25, 0.3) is 5.52 Å². The van der Waals surface area contributed by atoms with Gasteiger partial charge in [0.25, 0.3) is 11.5 Å². The normalized spacial score (nSPS) is 14.3. The molecule has 0 atom stereocenters. The molecule has 134 valence electrons. The van der Waals surface area contributed by atoms with E-state index in [1.165, 1.54) is 0 Å². The van der Waals surface area contributed by atoms with Gasteiger partial charge in [0.05, 0.1) is 23.0 Å². The maximum atomic E-state index is 13.1. The number of nitrogens with zero attached hydrogens (tertiary/aromatic N) is 5. The predicted octanol–water partition coefficient (Wildman–Crippen LogP) is 1.29. The molecular weight excluding hydrogens is 330 g/mol. The van der Waals surface area contributed by atoms with E-state index in [1.807, 2.05) is 32.2 Å². The zero-order valence-electron chi connectivity index (χ0n) is 15.2. The Morgan fingerprint density at radius 3 is 2.77 bits per heavy atom. The van der Waals surface area contributed by atoms with Gasteiger partial charge in [-0.1, -0.05) is 6.07 Å². The summed E-state index contributed by atoms with van der Waals surface area (Å²) in [6.45, 7) is 4.86. The second-order valence-electron chi connectivity index (χ2n) is 6.78. The summed E-state index contributed by atoms with van der Waals surface area (Å²) in [5, 5.41) is 4.30. The van der Waals surface area contributed by atoms with Crippen molar-refractivity contribution in [1.82, 2.24) is 24.1 Å². The molecule has 0 spiro atoms. The molecule has 0 radical (unpaired) electrons. The minimum atomic E-state index is -0.0457. The van der Waals surface area contributed by atoms with Gasteiger partial charge in [-0.15, -0.1) is 0 Å². The van der Waals surface area contributed by atoms with E-state index in [-0.39, 0.29) is 11.5 Å². The topological polar surface area (TPSA) is 72.5 Å². The molecule has 0 saturated heterocycles. The van der Waals surface area contributed by atoms with Crippen molar-refractivity contribution in [2.75, 3.05) is 13.1 Å². The first-order chi connectivity index (χ1) is 12.5. The lowest BCUT2D eigenvalue weighted by Crippen LogP contribution is -2.33. The molecule has 3 aromatic heterocycles. The van der Waals surface area contributed by atoms with Crippen molar-refractivity contribution in [3.05, 3.63) is 63.1 Å². The van der Waals surface area contributed by atoms with Crippen LogP contribution in [0, 0.1) is 13.8 Å². The van der Waals surface area contributed by atoms with Crippen LogP contribution < -0.4 is 5.56 Å². The lowest BCUT2D eigenvalue weighted by atomic mass is 10.1. The highest BCUT2D eigenvalue weighted by Gasteiger charge is 2.25. The first-order valence-corrected chi connectivity index (χ1v) is 8.75. The van der Waals surface area contributed by atoms with Crippen molar-refractivity contribution in [3.63, 3.8) is 0 Å². The van der Waals surface area contributed by atoms with Gasteiger partial charge in [0.1, 0.15) is 5.82 Å². The number of carbonyl (C=O) groups is 1. The fraction of sp³-hybridized carbons (Fsp3) is 0.368. The second kappa shape index (κ2) is 6.09.